The lowest BCUT2D eigenvalue weighted by molar-refractivity contribution is 0.102. The topological polar surface area (TPSA) is 42.0 Å². The molecule has 4 heteroatoms. The van der Waals surface area contributed by atoms with Crippen LogP contribution in [0.25, 0.3) is 22.2 Å². The second-order valence-electron chi connectivity index (χ2n) is 6.90. The van der Waals surface area contributed by atoms with Crippen molar-refractivity contribution in [1.29, 1.82) is 0 Å². The van der Waals surface area contributed by atoms with Crippen LogP contribution in [0.4, 0.5) is 10.1 Å². The molecule has 0 radical (unpaired) electrons. The number of aromatic nitrogens is 1. The van der Waals surface area contributed by atoms with Crippen molar-refractivity contribution in [3.8, 4) is 11.3 Å². The van der Waals surface area contributed by atoms with Crippen molar-refractivity contribution in [2.45, 2.75) is 13.8 Å². The van der Waals surface area contributed by atoms with Crippen LogP contribution in [0.5, 0.6) is 0 Å². The Morgan fingerprint density at radius 3 is 2.25 bits per heavy atom. The molecule has 0 aliphatic heterocycles. The van der Waals surface area contributed by atoms with E-state index in [1.54, 1.807) is 18.2 Å². The third-order valence-corrected chi connectivity index (χ3v) is 4.66. The van der Waals surface area contributed by atoms with Crippen LogP contribution in [-0.2, 0) is 0 Å². The standard InChI is InChI=1S/C24H19FN2O/c1-15-3-10-19(11-4-15)26-24(28)21-14-23(17-6-8-18(25)9-7-17)27-22-12-5-16(2)13-20(21)22/h3-14H,1-2H3,(H,26,28). The Kier molecular flexibility index (Phi) is 4.62. The van der Waals surface area contributed by atoms with Crippen molar-refractivity contribution in [2.75, 3.05) is 5.32 Å². The minimum Gasteiger partial charge on any atom is -0.322 e. The maximum absolute atomic E-state index is 13.3. The Morgan fingerprint density at radius 2 is 1.54 bits per heavy atom. The molecule has 138 valence electrons. The molecular weight excluding hydrogens is 351 g/mol. The largest absolute Gasteiger partial charge is 0.322 e. The number of anilines is 1. The first kappa shape index (κ1) is 17.9. The quantitative estimate of drug-likeness (QED) is 0.487. The molecule has 4 rings (SSSR count). The number of carbonyl (C=O) groups is 1. The maximum Gasteiger partial charge on any atom is 0.256 e. The summed E-state index contributed by atoms with van der Waals surface area (Å²) in [5, 5.41) is 3.75. The van der Waals surface area contributed by atoms with Gasteiger partial charge in [-0.05, 0) is 68.4 Å². The van der Waals surface area contributed by atoms with E-state index < -0.39 is 0 Å². The van der Waals surface area contributed by atoms with E-state index in [2.05, 4.69) is 10.3 Å². The van der Waals surface area contributed by atoms with Crippen LogP contribution < -0.4 is 5.32 Å². The highest BCUT2D eigenvalue weighted by molar-refractivity contribution is 6.13. The number of hydrogen-bond donors (Lipinski definition) is 1. The number of carbonyl (C=O) groups excluding carboxylic acids is 1. The first-order valence-electron chi connectivity index (χ1n) is 9.05. The van der Waals surface area contributed by atoms with Crippen LogP contribution in [0.1, 0.15) is 21.5 Å². The molecule has 0 aliphatic carbocycles. The van der Waals surface area contributed by atoms with E-state index in [0.29, 0.717) is 11.3 Å². The van der Waals surface area contributed by atoms with Gasteiger partial charge in [-0.2, -0.15) is 0 Å². The molecule has 28 heavy (non-hydrogen) atoms. The highest BCUT2D eigenvalue weighted by atomic mass is 19.1. The number of amides is 1. The van der Waals surface area contributed by atoms with Crippen LogP contribution in [0.2, 0.25) is 0 Å². The molecule has 1 heterocycles. The number of fused-ring (bicyclic) bond motifs is 1. The first-order chi connectivity index (χ1) is 13.5. The summed E-state index contributed by atoms with van der Waals surface area (Å²) < 4.78 is 13.3. The number of hydrogen-bond acceptors (Lipinski definition) is 2. The van der Waals surface area contributed by atoms with Gasteiger partial charge in [0.1, 0.15) is 5.82 Å². The molecule has 1 aromatic heterocycles. The normalized spacial score (nSPS) is 10.8. The molecule has 0 atom stereocenters. The summed E-state index contributed by atoms with van der Waals surface area (Å²) in [4.78, 5) is 17.7. The van der Waals surface area contributed by atoms with Gasteiger partial charge >= 0.3 is 0 Å². The van der Waals surface area contributed by atoms with Gasteiger partial charge in [-0.1, -0.05) is 29.3 Å². The van der Waals surface area contributed by atoms with Crippen molar-refractivity contribution in [3.63, 3.8) is 0 Å². The van der Waals surface area contributed by atoms with Gasteiger partial charge < -0.3 is 5.32 Å². The second kappa shape index (κ2) is 7.24. The third kappa shape index (κ3) is 3.62. The average Bonchev–Trinajstić information content (AvgIpc) is 2.69. The lowest BCUT2D eigenvalue weighted by atomic mass is 10.0. The monoisotopic (exact) mass is 370 g/mol. The molecule has 0 saturated heterocycles. The zero-order valence-corrected chi connectivity index (χ0v) is 15.7. The van der Waals surface area contributed by atoms with E-state index >= 15 is 0 Å². The molecule has 3 aromatic carbocycles. The summed E-state index contributed by atoms with van der Waals surface area (Å²) in [7, 11) is 0. The molecule has 0 saturated carbocycles. The zero-order chi connectivity index (χ0) is 19.7. The van der Waals surface area contributed by atoms with Gasteiger partial charge in [0.05, 0.1) is 16.8 Å². The SMILES string of the molecule is Cc1ccc(NC(=O)c2cc(-c3ccc(F)cc3)nc3ccc(C)cc23)cc1. The van der Waals surface area contributed by atoms with Gasteiger partial charge in [-0.3, -0.25) is 4.79 Å². The van der Waals surface area contributed by atoms with E-state index in [9.17, 15) is 9.18 Å². The van der Waals surface area contributed by atoms with Crippen LogP contribution in [0, 0.1) is 19.7 Å². The van der Waals surface area contributed by atoms with Crippen molar-refractivity contribution in [2.24, 2.45) is 0 Å². The number of halogens is 1. The molecule has 3 nitrogen and oxygen atoms in total. The van der Waals surface area contributed by atoms with Crippen molar-refractivity contribution < 1.29 is 9.18 Å². The minimum atomic E-state index is -0.308. The smallest absolute Gasteiger partial charge is 0.256 e. The van der Waals surface area contributed by atoms with Crippen molar-refractivity contribution in [3.05, 3.63) is 95.3 Å². The summed E-state index contributed by atoms with van der Waals surface area (Å²) in [5.74, 6) is -0.511. The number of aryl methyl sites for hydroxylation is 2. The van der Waals surface area contributed by atoms with Gasteiger partial charge in [0.15, 0.2) is 0 Å². The Hall–Kier alpha value is -3.53. The average molecular weight is 370 g/mol. The van der Waals surface area contributed by atoms with Gasteiger partial charge in [0.25, 0.3) is 5.91 Å². The molecule has 1 amide bonds. The highest BCUT2D eigenvalue weighted by Crippen LogP contribution is 2.27. The Bertz CT molecular complexity index is 1170. The molecule has 1 N–H and O–H groups in total. The zero-order valence-electron chi connectivity index (χ0n) is 15.7. The fourth-order valence-corrected chi connectivity index (χ4v) is 3.13. The van der Waals surface area contributed by atoms with Gasteiger partial charge in [-0.25, -0.2) is 9.37 Å². The Labute approximate surface area is 162 Å². The highest BCUT2D eigenvalue weighted by Gasteiger charge is 2.15. The van der Waals surface area contributed by atoms with Crippen LogP contribution in [0.3, 0.4) is 0 Å². The lowest BCUT2D eigenvalue weighted by Gasteiger charge is -2.11. The van der Waals surface area contributed by atoms with Gasteiger partial charge in [-0.15, -0.1) is 0 Å². The van der Waals surface area contributed by atoms with E-state index in [1.165, 1.54) is 12.1 Å². The molecule has 0 fully saturated rings. The fourth-order valence-electron chi connectivity index (χ4n) is 3.13. The number of nitrogens with zero attached hydrogens (tertiary/aromatic N) is 1. The van der Waals surface area contributed by atoms with E-state index in [4.69, 9.17) is 0 Å². The van der Waals surface area contributed by atoms with Crippen LogP contribution in [-0.4, -0.2) is 10.9 Å². The van der Waals surface area contributed by atoms with E-state index in [1.807, 2.05) is 56.3 Å². The fraction of sp³-hybridized carbons (Fsp3) is 0.0833. The van der Waals surface area contributed by atoms with E-state index in [0.717, 1.165) is 33.3 Å². The molecule has 0 aliphatic rings. The Morgan fingerprint density at radius 1 is 0.857 bits per heavy atom. The van der Waals surface area contributed by atoms with Crippen molar-refractivity contribution in [1.82, 2.24) is 4.98 Å². The summed E-state index contributed by atoms with van der Waals surface area (Å²) in [6, 6.07) is 21.4. The summed E-state index contributed by atoms with van der Waals surface area (Å²) >= 11 is 0. The maximum atomic E-state index is 13.3. The molecule has 0 bridgehead atoms. The number of rotatable bonds is 3. The molecule has 4 aromatic rings. The number of pyridine rings is 1. The van der Waals surface area contributed by atoms with Crippen molar-refractivity contribution >= 4 is 22.5 Å². The predicted octanol–water partition coefficient (Wildman–Crippen LogP) is 5.91. The number of benzene rings is 3. The van der Waals surface area contributed by atoms with Gasteiger partial charge in [0, 0.05) is 16.6 Å². The molecule has 0 spiro atoms. The minimum absolute atomic E-state index is 0.204. The summed E-state index contributed by atoms with van der Waals surface area (Å²) in [6.45, 7) is 3.98. The lowest BCUT2D eigenvalue weighted by Crippen LogP contribution is -2.13. The number of nitrogens with one attached hydrogen (secondary N) is 1. The van der Waals surface area contributed by atoms with Crippen LogP contribution in [0.15, 0.2) is 72.8 Å². The van der Waals surface area contributed by atoms with Gasteiger partial charge in [0.2, 0.25) is 0 Å². The Balaban J connectivity index is 1.82. The summed E-state index contributed by atoms with van der Waals surface area (Å²) in [6.07, 6.45) is 0. The van der Waals surface area contributed by atoms with Crippen LogP contribution >= 0.6 is 0 Å². The summed E-state index contributed by atoms with van der Waals surface area (Å²) in [5.41, 5.74) is 5.56. The molecular formula is C24H19FN2O. The second-order valence-corrected chi connectivity index (χ2v) is 6.90. The molecule has 0 unspecified atom stereocenters. The third-order valence-electron chi connectivity index (χ3n) is 4.66. The first-order valence-corrected chi connectivity index (χ1v) is 9.05. The van der Waals surface area contributed by atoms with E-state index in [-0.39, 0.29) is 11.7 Å². The predicted molar refractivity (Wildman–Crippen MR) is 111 cm³/mol.